The van der Waals surface area contributed by atoms with Gasteiger partial charge in [0.05, 0.1) is 6.10 Å². The molecule has 2 amide bonds. The monoisotopic (exact) mass is 312 g/mol. The van der Waals surface area contributed by atoms with Crippen LogP contribution < -0.4 is 10.6 Å². The zero-order chi connectivity index (χ0) is 16.8. The third kappa shape index (κ3) is 4.57. The summed E-state index contributed by atoms with van der Waals surface area (Å²) >= 11 is 0. The quantitative estimate of drug-likeness (QED) is 0.872. The summed E-state index contributed by atoms with van der Waals surface area (Å²) in [4.78, 5) is 12.1. The Morgan fingerprint density at radius 3 is 2.43 bits per heavy atom. The Balaban J connectivity index is 1.94. The van der Waals surface area contributed by atoms with Crippen LogP contribution in [0.5, 0.6) is 0 Å². The molecule has 0 aromatic heterocycles. The van der Waals surface area contributed by atoms with Crippen LogP contribution >= 0.6 is 0 Å². The highest BCUT2D eigenvalue weighted by Gasteiger charge is 2.14. The Kier molecular flexibility index (Phi) is 5.77. The number of hydrogen-bond acceptors (Lipinski definition) is 2. The largest absolute Gasteiger partial charge is 0.375 e. The third-order valence-corrected chi connectivity index (χ3v) is 4.03. The number of nitrogens with one attached hydrogen (secondary N) is 2. The predicted octanol–water partition coefficient (Wildman–Crippen LogP) is 4.12. The summed E-state index contributed by atoms with van der Waals surface area (Å²) in [5.74, 6) is 0. The molecule has 2 N–H and O–H groups in total. The molecule has 4 heteroatoms. The van der Waals surface area contributed by atoms with Crippen molar-refractivity contribution in [2.24, 2.45) is 0 Å². The van der Waals surface area contributed by atoms with Crippen molar-refractivity contribution in [3.8, 4) is 0 Å². The molecule has 2 aromatic rings. The summed E-state index contributed by atoms with van der Waals surface area (Å²) in [6, 6.07) is 13.7. The van der Waals surface area contributed by atoms with Crippen LogP contribution in [-0.4, -0.2) is 19.7 Å². The van der Waals surface area contributed by atoms with Crippen molar-refractivity contribution in [2.75, 3.05) is 19.0 Å². The first-order valence-corrected chi connectivity index (χ1v) is 7.71. The van der Waals surface area contributed by atoms with E-state index in [0.717, 1.165) is 22.4 Å². The Hall–Kier alpha value is -2.33. The fourth-order valence-corrected chi connectivity index (χ4v) is 2.45. The second kappa shape index (κ2) is 7.79. The van der Waals surface area contributed by atoms with Crippen LogP contribution in [0.15, 0.2) is 42.5 Å². The number of ether oxygens (including phenoxy) is 1. The molecule has 122 valence electrons. The van der Waals surface area contributed by atoms with Gasteiger partial charge in [-0.15, -0.1) is 0 Å². The molecule has 0 aliphatic rings. The first kappa shape index (κ1) is 17.0. The maximum Gasteiger partial charge on any atom is 0.319 e. The van der Waals surface area contributed by atoms with E-state index in [1.165, 1.54) is 5.56 Å². The summed E-state index contributed by atoms with van der Waals surface area (Å²) in [7, 11) is 1.65. The van der Waals surface area contributed by atoms with Gasteiger partial charge in [0.1, 0.15) is 0 Å². The number of amides is 2. The van der Waals surface area contributed by atoms with E-state index in [1.54, 1.807) is 7.11 Å². The smallest absolute Gasteiger partial charge is 0.319 e. The van der Waals surface area contributed by atoms with Gasteiger partial charge in [-0.3, -0.25) is 0 Å². The van der Waals surface area contributed by atoms with Gasteiger partial charge in [-0.25, -0.2) is 4.79 Å². The summed E-state index contributed by atoms with van der Waals surface area (Å²) < 4.78 is 5.51. The van der Waals surface area contributed by atoms with Crippen molar-refractivity contribution in [2.45, 2.75) is 26.9 Å². The minimum absolute atomic E-state index is 0.165. The van der Waals surface area contributed by atoms with E-state index < -0.39 is 0 Å². The Morgan fingerprint density at radius 1 is 1.04 bits per heavy atom. The molecule has 2 rings (SSSR count). The zero-order valence-corrected chi connectivity index (χ0v) is 14.1. The molecule has 0 unspecified atom stereocenters. The minimum Gasteiger partial charge on any atom is -0.375 e. The molecule has 0 bridgehead atoms. The van der Waals surface area contributed by atoms with Crippen LogP contribution in [0, 0.1) is 20.8 Å². The van der Waals surface area contributed by atoms with Crippen LogP contribution in [0.4, 0.5) is 10.5 Å². The van der Waals surface area contributed by atoms with E-state index in [2.05, 4.69) is 10.6 Å². The fraction of sp³-hybridized carbons (Fsp3) is 0.316. The van der Waals surface area contributed by atoms with Crippen LogP contribution in [0.3, 0.4) is 0 Å². The second-order valence-corrected chi connectivity index (χ2v) is 5.71. The SMILES string of the molecule is CO[C@@H](CNC(=O)Nc1ccc(C)c(C)c1)c1ccccc1C. The van der Waals surface area contributed by atoms with Gasteiger partial charge >= 0.3 is 6.03 Å². The summed E-state index contributed by atoms with van der Waals surface area (Å²) in [5, 5.41) is 5.72. The molecule has 0 aliphatic carbocycles. The van der Waals surface area contributed by atoms with Gasteiger partial charge in [-0.2, -0.15) is 0 Å². The van der Waals surface area contributed by atoms with E-state index in [-0.39, 0.29) is 12.1 Å². The van der Waals surface area contributed by atoms with Crippen LogP contribution in [0.1, 0.15) is 28.4 Å². The number of anilines is 1. The molecule has 23 heavy (non-hydrogen) atoms. The van der Waals surface area contributed by atoms with Gasteiger partial charge in [-0.1, -0.05) is 30.3 Å². The zero-order valence-electron chi connectivity index (χ0n) is 14.1. The fourth-order valence-electron chi connectivity index (χ4n) is 2.45. The Morgan fingerprint density at radius 2 is 1.78 bits per heavy atom. The molecule has 0 saturated carbocycles. The van der Waals surface area contributed by atoms with E-state index in [1.807, 2.05) is 63.2 Å². The minimum atomic E-state index is -0.233. The number of carbonyl (C=O) groups is 1. The average molecular weight is 312 g/mol. The maximum atomic E-state index is 12.1. The van der Waals surface area contributed by atoms with Gasteiger partial charge in [0.25, 0.3) is 0 Å². The van der Waals surface area contributed by atoms with Gasteiger partial charge in [0, 0.05) is 19.3 Å². The summed E-state index contributed by atoms with van der Waals surface area (Å²) in [6.45, 7) is 6.52. The number of aryl methyl sites for hydroxylation is 3. The maximum absolute atomic E-state index is 12.1. The van der Waals surface area contributed by atoms with Gasteiger partial charge in [0.15, 0.2) is 0 Å². The predicted molar refractivity (Wildman–Crippen MR) is 93.9 cm³/mol. The molecule has 4 nitrogen and oxygen atoms in total. The van der Waals surface area contributed by atoms with Crippen LogP contribution in [0.2, 0.25) is 0 Å². The van der Waals surface area contributed by atoms with Crippen molar-refractivity contribution in [3.05, 3.63) is 64.7 Å². The van der Waals surface area contributed by atoms with E-state index in [0.29, 0.717) is 6.54 Å². The van der Waals surface area contributed by atoms with E-state index >= 15 is 0 Å². The molecular formula is C19H24N2O2. The topological polar surface area (TPSA) is 50.4 Å². The number of rotatable bonds is 5. The lowest BCUT2D eigenvalue weighted by molar-refractivity contribution is 0.104. The first-order chi connectivity index (χ1) is 11.0. The molecule has 1 atom stereocenters. The van der Waals surface area contributed by atoms with E-state index in [4.69, 9.17) is 4.74 Å². The molecule has 0 heterocycles. The van der Waals surface area contributed by atoms with Gasteiger partial charge < -0.3 is 15.4 Å². The molecule has 0 aliphatic heterocycles. The number of carbonyl (C=O) groups excluding carboxylic acids is 1. The lowest BCUT2D eigenvalue weighted by Crippen LogP contribution is -2.33. The highest BCUT2D eigenvalue weighted by molar-refractivity contribution is 5.89. The van der Waals surface area contributed by atoms with Gasteiger partial charge in [0.2, 0.25) is 0 Å². The highest BCUT2D eigenvalue weighted by Crippen LogP contribution is 2.19. The van der Waals surface area contributed by atoms with Crippen molar-refractivity contribution < 1.29 is 9.53 Å². The number of benzene rings is 2. The highest BCUT2D eigenvalue weighted by atomic mass is 16.5. The standard InChI is InChI=1S/C19H24N2O2/c1-13-9-10-16(11-15(13)3)21-19(22)20-12-18(23-4)17-8-6-5-7-14(17)2/h5-11,18H,12H2,1-4H3,(H2,20,21,22)/t18-/m0/s1. The van der Waals surface area contributed by atoms with Crippen molar-refractivity contribution in [1.29, 1.82) is 0 Å². The van der Waals surface area contributed by atoms with Crippen LogP contribution in [0.25, 0.3) is 0 Å². The van der Waals surface area contributed by atoms with Crippen molar-refractivity contribution in [1.82, 2.24) is 5.32 Å². The molecule has 0 fully saturated rings. The second-order valence-electron chi connectivity index (χ2n) is 5.71. The Labute approximate surface area is 137 Å². The number of methoxy groups -OCH3 is 1. The number of hydrogen-bond donors (Lipinski definition) is 2. The van der Waals surface area contributed by atoms with Gasteiger partial charge in [-0.05, 0) is 55.2 Å². The van der Waals surface area contributed by atoms with Crippen molar-refractivity contribution in [3.63, 3.8) is 0 Å². The average Bonchev–Trinajstić information content (AvgIpc) is 2.53. The first-order valence-electron chi connectivity index (χ1n) is 7.71. The normalized spacial score (nSPS) is 11.8. The van der Waals surface area contributed by atoms with Crippen molar-refractivity contribution >= 4 is 11.7 Å². The number of urea groups is 1. The van der Waals surface area contributed by atoms with E-state index in [9.17, 15) is 4.79 Å². The molecule has 0 radical (unpaired) electrons. The molecule has 0 saturated heterocycles. The summed E-state index contributed by atoms with van der Waals surface area (Å²) in [6.07, 6.45) is -0.165. The lowest BCUT2D eigenvalue weighted by atomic mass is 10.0. The van der Waals surface area contributed by atoms with Crippen LogP contribution in [-0.2, 0) is 4.74 Å². The Bertz CT molecular complexity index is 683. The molecule has 0 spiro atoms. The third-order valence-electron chi connectivity index (χ3n) is 4.03. The molecule has 2 aromatic carbocycles. The summed E-state index contributed by atoms with van der Waals surface area (Å²) in [5.41, 5.74) is 5.38. The lowest BCUT2D eigenvalue weighted by Gasteiger charge is -2.19. The molecular weight excluding hydrogens is 288 g/mol.